The topological polar surface area (TPSA) is 29.6 Å². The summed E-state index contributed by atoms with van der Waals surface area (Å²) in [6, 6.07) is 8.24. The standard InChI is InChI=1S/C12H12O2/c1-9-4-2-5-10(8-9)12-11(14-12)6-3-7-13/h2-8,11-12H,1H3/t11-,12-/m1/s1. The van der Waals surface area contributed by atoms with Crippen molar-refractivity contribution in [2.45, 2.75) is 19.1 Å². The summed E-state index contributed by atoms with van der Waals surface area (Å²) < 4.78 is 5.41. The first-order valence-electron chi connectivity index (χ1n) is 4.65. The minimum atomic E-state index is 0.0852. The number of aryl methyl sites for hydroxylation is 1. The molecule has 72 valence electrons. The highest BCUT2D eigenvalue weighted by Gasteiger charge is 2.37. The van der Waals surface area contributed by atoms with E-state index in [1.807, 2.05) is 12.1 Å². The number of carbonyl (C=O) groups excluding carboxylic acids is 1. The lowest BCUT2D eigenvalue weighted by Crippen LogP contribution is -1.85. The number of allylic oxidation sites excluding steroid dienone is 1. The van der Waals surface area contributed by atoms with Crippen molar-refractivity contribution >= 4 is 6.29 Å². The molecule has 0 aliphatic carbocycles. The van der Waals surface area contributed by atoms with Crippen LogP contribution in [-0.2, 0) is 9.53 Å². The number of rotatable bonds is 3. The van der Waals surface area contributed by atoms with Crippen LogP contribution in [0.2, 0.25) is 0 Å². The molecule has 1 fully saturated rings. The predicted molar refractivity (Wildman–Crippen MR) is 54.0 cm³/mol. The molecule has 0 saturated carbocycles. The predicted octanol–water partition coefficient (Wildman–Crippen LogP) is 2.19. The van der Waals surface area contributed by atoms with E-state index in [0.29, 0.717) is 0 Å². The van der Waals surface area contributed by atoms with E-state index < -0.39 is 0 Å². The highest BCUT2D eigenvalue weighted by Crippen LogP contribution is 2.39. The fraction of sp³-hybridized carbons (Fsp3) is 0.250. The molecule has 0 spiro atoms. The van der Waals surface area contributed by atoms with Crippen LogP contribution >= 0.6 is 0 Å². The molecule has 1 aromatic rings. The summed E-state index contributed by atoms with van der Waals surface area (Å²) in [6.45, 7) is 2.06. The van der Waals surface area contributed by atoms with Crippen LogP contribution in [-0.4, -0.2) is 12.4 Å². The van der Waals surface area contributed by atoms with E-state index >= 15 is 0 Å². The van der Waals surface area contributed by atoms with E-state index in [1.54, 1.807) is 6.08 Å². The lowest BCUT2D eigenvalue weighted by atomic mass is 10.1. The van der Waals surface area contributed by atoms with Gasteiger partial charge in [0, 0.05) is 0 Å². The Morgan fingerprint density at radius 1 is 1.43 bits per heavy atom. The maximum atomic E-state index is 10.1. The molecule has 2 nitrogen and oxygen atoms in total. The van der Waals surface area contributed by atoms with E-state index in [9.17, 15) is 4.79 Å². The molecule has 2 heteroatoms. The SMILES string of the molecule is Cc1cccc([C@H]2O[C@@H]2C=CC=O)c1. The first kappa shape index (κ1) is 9.16. The average Bonchev–Trinajstić information content (AvgIpc) is 2.94. The first-order valence-corrected chi connectivity index (χ1v) is 4.65. The summed E-state index contributed by atoms with van der Waals surface area (Å²) in [4.78, 5) is 10.1. The lowest BCUT2D eigenvalue weighted by Gasteiger charge is -1.96. The van der Waals surface area contributed by atoms with Gasteiger partial charge in [-0.05, 0) is 24.6 Å². The van der Waals surface area contributed by atoms with E-state index in [1.165, 1.54) is 17.2 Å². The molecule has 1 saturated heterocycles. The highest BCUT2D eigenvalue weighted by atomic mass is 16.6. The Morgan fingerprint density at radius 2 is 2.29 bits per heavy atom. The maximum absolute atomic E-state index is 10.1. The summed E-state index contributed by atoms with van der Waals surface area (Å²) in [5.74, 6) is 0. The molecule has 2 rings (SSSR count). The van der Waals surface area contributed by atoms with Crippen molar-refractivity contribution in [3.05, 3.63) is 47.5 Å². The van der Waals surface area contributed by atoms with Gasteiger partial charge in [0.1, 0.15) is 18.5 Å². The zero-order valence-electron chi connectivity index (χ0n) is 8.01. The Morgan fingerprint density at radius 3 is 3.00 bits per heavy atom. The Labute approximate surface area is 83.2 Å². The number of hydrogen-bond acceptors (Lipinski definition) is 2. The molecule has 0 amide bonds. The minimum Gasteiger partial charge on any atom is -0.360 e. The summed E-state index contributed by atoms with van der Waals surface area (Å²) in [5, 5.41) is 0. The zero-order chi connectivity index (χ0) is 9.97. The third kappa shape index (κ3) is 1.91. The molecular formula is C12H12O2. The molecule has 1 aromatic carbocycles. The van der Waals surface area contributed by atoms with E-state index in [0.717, 1.165) is 6.29 Å². The van der Waals surface area contributed by atoms with Gasteiger partial charge >= 0.3 is 0 Å². The van der Waals surface area contributed by atoms with Crippen molar-refractivity contribution in [3.8, 4) is 0 Å². The van der Waals surface area contributed by atoms with Crippen molar-refractivity contribution in [2.24, 2.45) is 0 Å². The normalized spacial score (nSPS) is 25.2. The van der Waals surface area contributed by atoms with Crippen LogP contribution < -0.4 is 0 Å². The van der Waals surface area contributed by atoms with Crippen LogP contribution in [0.15, 0.2) is 36.4 Å². The molecule has 2 atom stereocenters. The molecule has 0 aromatic heterocycles. The van der Waals surface area contributed by atoms with Crippen molar-refractivity contribution in [3.63, 3.8) is 0 Å². The summed E-state index contributed by atoms with van der Waals surface area (Å²) in [7, 11) is 0. The lowest BCUT2D eigenvalue weighted by molar-refractivity contribution is -0.104. The van der Waals surface area contributed by atoms with Crippen LogP contribution in [0.25, 0.3) is 0 Å². The molecule has 14 heavy (non-hydrogen) atoms. The number of benzene rings is 1. The van der Waals surface area contributed by atoms with Crippen LogP contribution in [0.4, 0.5) is 0 Å². The van der Waals surface area contributed by atoms with Crippen molar-refractivity contribution in [2.75, 3.05) is 0 Å². The Kier molecular flexibility index (Phi) is 2.46. The molecule has 0 N–H and O–H groups in total. The van der Waals surface area contributed by atoms with Gasteiger partial charge in [-0.3, -0.25) is 4.79 Å². The number of aldehydes is 1. The van der Waals surface area contributed by atoms with Crippen LogP contribution in [0, 0.1) is 6.92 Å². The van der Waals surface area contributed by atoms with E-state index in [2.05, 4.69) is 19.1 Å². The fourth-order valence-corrected chi connectivity index (χ4v) is 1.54. The van der Waals surface area contributed by atoms with E-state index in [-0.39, 0.29) is 12.2 Å². The van der Waals surface area contributed by atoms with Gasteiger partial charge in [0.2, 0.25) is 0 Å². The third-order valence-corrected chi connectivity index (χ3v) is 2.28. The van der Waals surface area contributed by atoms with Gasteiger partial charge in [-0.2, -0.15) is 0 Å². The molecule has 1 aliphatic rings. The number of carbonyl (C=O) groups is 1. The number of hydrogen-bond donors (Lipinski definition) is 0. The number of ether oxygens (including phenoxy) is 1. The second kappa shape index (κ2) is 3.76. The minimum absolute atomic E-state index is 0.0852. The Hall–Kier alpha value is -1.41. The fourth-order valence-electron chi connectivity index (χ4n) is 1.54. The van der Waals surface area contributed by atoms with Gasteiger partial charge in [0.15, 0.2) is 0 Å². The first-order chi connectivity index (χ1) is 6.81. The second-order valence-corrected chi connectivity index (χ2v) is 3.46. The monoisotopic (exact) mass is 188 g/mol. The van der Waals surface area contributed by atoms with Crippen LogP contribution in [0.5, 0.6) is 0 Å². The summed E-state index contributed by atoms with van der Waals surface area (Å²) in [5.41, 5.74) is 2.42. The van der Waals surface area contributed by atoms with Gasteiger partial charge in [-0.1, -0.05) is 29.8 Å². The molecule has 0 unspecified atom stereocenters. The molecule has 0 radical (unpaired) electrons. The molecule has 0 bridgehead atoms. The van der Waals surface area contributed by atoms with Crippen molar-refractivity contribution < 1.29 is 9.53 Å². The van der Waals surface area contributed by atoms with Gasteiger partial charge in [-0.25, -0.2) is 0 Å². The quantitative estimate of drug-likeness (QED) is 0.413. The third-order valence-electron chi connectivity index (χ3n) is 2.28. The highest BCUT2D eigenvalue weighted by molar-refractivity contribution is 5.65. The van der Waals surface area contributed by atoms with Gasteiger partial charge < -0.3 is 4.74 Å². The van der Waals surface area contributed by atoms with Crippen molar-refractivity contribution in [1.29, 1.82) is 0 Å². The summed E-state index contributed by atoms with van der Waals surface area (Å²) in [6.07, 6.45) is 4.28. The van der Waals surface area contributed by atoms with Gasteiger partial charge in [0.25, 0.3) is 0 Å². The van der Waals surface area contributed by atoms with Gasteiger partial charge in [-0.15, -0.1) is 0 Å². The van der Waals surface area contributed by atoms with E-state index in [4.69, 9.17) is 4.74 Å². The zero-order valence-corrected chi connectivity index (χ0v) is 8.01. The number of epoxide rings is 1. The largest absolute Gasteiger partial charge is 0.360 e. The smallest absolute Gasteiger partial charge is 0.142 e. The second-order valence-electron chi connectivity index (χ2n) is 3.46. The van der Waals surface area contributed by atoms with Crippen molar-refractivity contribution in [1.82, 2.24) is 0 Å². The van der Waals surface area contributed by atoms with Crippen LogP contribution in [0.1, 0.15) is 17.2 Å². The Balaban J connectivity index is 2.05. The van der Waals surface area contributed by atoms with Crippen LogP contribution in [0.3, 0.4) is 0 Å². The Bertz CT molecular complexity index is 368. The molecule has 1 aliphatic heterocycles. The molecular weight excluding hydrogens is 176 g/mol. The summed E-state index contributed by atoms with van der Waals surface area (Å²) >= 11 is 0. The molecule has 1 heterocycles. The maximum Gasteiger partial charge on any atom is 0.142 e. The van der Waals surface area contributed by atoms with Gasteiger partial charge in [0.05, 0.1) is 0 Å². The average molecular weight is 188 g/mol.